The van der Waals surface area contributed by atoms with Crippen LogP contribution in [0.5, 0.6) is 5.75 Å². The maximum Gasteiger partial charge on any atom is 0.119 e. The Balaban J connectivity index is 1.68. The van der Waals surface area contributed by atoms with E-state index >= 15 is 0 Å². The van der Waals surface area contributed by atoms with E-state index in [2.05, 4.69) is 64.5 Å². The van der Waals surface area contributed by atoms with Crippen LogP contribution in [0.4, 0.5) is 5.69 Å². The van der Waals surface area contributed by atoms with E-state index < -0.39 is 0 Å². The average Bonchev–Trinajstić information content (AvgIpc) is 3.01. The van der Waals surface area contributed by atoms with Gasteiger partial charge in [-0.3, -0.25) is 4.98 Å². The summed E-state index contributed by atoms with van der Waals surface area (Å²) in [5.41, 5.74) is 5.30. The number of nitrogens with zero attached hydrogens (tertiary/aromatic N) is 2. The average molecular weight is 316 g/mol. The van der Waals surface area contributed by atoms with Gasteiger partial charge < -0.3 is 9.64 Å². The van der Waals surface area contributed by atoms with E-state index in [1.807, 2.05) is 18.5 Å². The van der Waals surface area contributed by atoms with Crippen molar-refractivity contribution in [2.75, 3.05) is 18.6 Å². The van der Waals surface area contributed by atoms with Gasteiger partial charge in [0.15, 0.2) is 0 Å². The number of benzene rings is 2. The molecule has 1 unspecified atom stereocenters. The van der Waals surface area contributed by atoms with Gasteiger partial charge in [0.2, 0.25) is 0 Å². The minimum Gasteiger partial charge on any atom is -0.497 e. The van der Waals surface area contributed by atoms with E-state index in [0.29, 0.717) is 5.92 Å². The van der Waals surface area contributed by atoms with Gasteiger partial charge in [-0.05, 0) is 47.0 Å². The molecular formula is C21H20N2O. The van der Waals surface area contributed by atoms with Gasteiger partial charge in [0.1, 0.15) is 5.75 Å². The van der Waals surface area contributed by atoms with Crippen molar-refractivity contribution in [3.05, 3.63) is 89.7 Å². The van der Waals surface area contributed by atoms with Crippen LogP contribution in [0.15, 0.2) is 73.1 Å². The van der Waals surface area contributed by atoms with Gasteiger partial charge in [0, 0.05) is 37.1 Å². The second-order valence-electron chi connectivity index (χ2n) is 6.12. The summed E-state index contributed by atoms with van der Waals surface area (Å²) in [5, 5.41) is 0. The number of aromatic nitrogens is 1. The normalized spacial score (nSPS) is 16.0. The van der Waals surface area contributed by atoms with Crippen molar-refractivity contribution in [1.29, 1.82) is 0 Å². The molecule has 3 heteroatoms. The molecule has 0 saturated carbocycles. The Labute approximate surface area is 142 Å². The number of fused-ring (bicyclic) bond motifs is 1. The molecule has 0 spiro atoms. The predicted molar refractivity (Wildman–Crippen MR) is 96.6 cm³/mol. The molecule has 2 aromatic carbocycles. The molecule has 1 atom stereocenters. The number of para-hydroxylation sites is 1. The molecule has 0 aliphatic carbocycles. The highest BCUT2D eigenvalue weighted by Crippen LogP contribution is 2.41. The van der Waals surface area contributed by atoms with Crippen LogP contribution in [0.25, 0.3) is 0 Å². The summed E-state index contributed by atoms with van der Waals surface area (Å²) < 4.78 is 5.40. The first kappa shape index (κ1) is 14.8. The SMILES string of the molecule is COc1cccc(C2CN(Cc3ccncc3)c3ccccc32)c1. The molecule has 2 heterocycles. The van der Waals surface area contributed by atoms with E-state index in [0.717, 1.165) is 18.8 Å². The first-order valence-corrected chi connectivity index (χ1v) is 8.22. The van der Waals surface area contributed by atoms with Crippen molar-refractivity contribution in [2.45, 2.75) is 12.5 Å². The second-order valence-corrected chi connectivity index (χ2v) is 6.12. The van der Waals surface area contributed by atoms with Crippen LogP contribution in [0.1, 0.15) is 22.6 Å². The maximum absolute atomic E-state index is 5.40. The van der Waals surface area contributed by atoms with E-state index in [4.69, 9.17) is 4.74 Å². The van der Waals surface area contributed by atoms with Crippen molar-refractivity contribution in [3.8, 4) is 5.75 Å². The monoisotopic (exact) mass is 316 g/mol. The zero-order chi connectivity index (χ0) is 16.4. The van der Waals surface area contributed by atoms with Crippen LogP contribution in [0, 0.1) is 0 Å². The van der Waals surface area contributed by atoms with Gasteiger partial charge in [0.05, 0.1) is 7.11 Å². The van der Waals surface area contributed by atoms with Gasteiger partial charge in [-0.2, -0.15) is 0 Å². The van der Waals surface area contributed by atoms with Crippen molar-refractivity contribution in [1.82, 2.24) is 4.98 Å². The molecule has 3 aromatic rings. The molecule has 0 bridgehead atoms. The second kappa shape index (κ2) is 6.36. The minimum absolute atomic E-state index is 0.373. The van der Waals surface area contributed by atoms with Crippen LogP contribution in [0.2, 0.25) is 0 Å². The minimum atomic E-state index is 0.373. The first-order chi connectivity index (χ1) is 11.8. The quantitative estimate of drug-likeness (QED) is 0.720. The van der Waals surface area contributed by atoms with Gasteiger partial charge in [-0.1, -0.05) is 30.3 Å². The molecule has 1 aliphatic rings. The molecule has 3 nitrogen and oxygen atoms in total. The molecule has 0 fully saturated rings. The summed E-state index contributed by atoms with van der Waals surface area (Å²) >= 11 is 0. The Kier molecular flexibility index (Phi) is 3.91. The zero-order valence-corrected chi connectivity index (χ0v) is 13.7. The largest absolute Gasteiger partial charge is 0.497 e. The van der Waals surface area contributed by atoms with Crippen LogP contribution >= 0.6 is 0 Å². The standard InChI is InChI=1S/C21H20N2O/c1-24-18-6-4-5-17(13-18)20-15-23(14-16-9-11-22-12-10-16)21-8-3-2-7-19(20)21/h2-13,20H,14-15H2,1H3. The van der Waals surface area contributed by atoms with Crippen LogP contribution in [-0.2, 0) is 6.54 Å². The van der Waals surface area contributed by atoms with Crippen molar-refractivity contribution in [3.63, 3.8) is 0 Å². The Hall–Kier alpha value is -2.81. The van der Waals surface area contributed by atoms with E-state index in [1.54, 1.807) is 7.11 Å². The highest BCUT2D eigenvalue weighted by atomic mass is 16.5. The van der Waals surface area contributed by atoms with Gasteiger partial charge >= 0.3 is 0 Å². The molecule has 0 N–H and O–H groups in total. The molecular weight excluding hydrogens is 296 g/mol. The van der Waals surface area contributed by atoms with Crippen LogP contribution in [0.3, 0.4) is 0 Å². The number of anilines is 1. The lowest BCUT2D eigenvalue weighted by Crippen LogP contribution is -2.21. The van der Waals surface area contributed by atoms with E-state index in [9.17, 15) is 0 Å². The molecule has 1 aromatic heterocycles. The predicted octanol–water partition coefficient (Wildman–Crippen LogP) is 4.24. The fourth-order valence-corrected chi connectivity index (χ4v) is 3.49. The van der Waals surface area contributed by atoms with Gasteiger partial charge in [0.25, 0.3) is 0 Å². The molecule has 1 aliphatic heterocycles. The third kappa shape index (κ3) is 2.73. The lowest BCUT2D eigenvalue weighted by atomic mass is 9.93. The molecule has 24 heavy (non-hydrogen) atoms. The van der Waals surface area contributed by atoms with Gasteiger partial charge in [-0.25, -0.2) is 0 Å². The summed E-state index contributed by atoms with van der Waals surface area (Å²) in [7, 11) is 1.72. The summed E-state index contributed by atoms with van der Waals surface area (Å²) in [5.74, 6) is 1.29. The number of methoxy groups -OCH3 is 1. The smallest absolute Gasteiger partial charge is 0.119 e. The zero-order valence-electron chi connectivity index (χ0n) is 13.7. The van der Waals surface area contributed by atoms with E-state index in [1.165, 1.54) is 22.4 Å². The summed E-state index contributed by atoms with van der Waals surface area (Å²) in [6, 6.07) is 21.3. The van der Waals surface area contributed by atoms with Crippen LogP contribution in [-0.4, -0.2) is 18.6 Å². The Morgan fingerprint density at radius 1 is 1.04 bits per heavy atom. The van der Waals surface area contributed by atoms with E-state index in [-0.39, 0.29) is 0 Å². The number of ether oxygens (including phenoxy) is 1. The fraction of sp³-hybridized carbons (Fsp3) is 0.190. The van der Waals surface area contributed by atoms with Crippen LogP contribution < -0.4 is 9.64 Å². The number of rotatable bonds is 4. The summed E-state index contributed by atoms with van der Waals surface area (Å²) in [4.78, 5) is 6.57. The lowest BCUT2D eigenvalue weighted by Gasteiger charge is -2.20. The van der Waals surface area contributed by atoms with Crippen molar-refractivity contribution in [2.24, 2.45) is 0 Å². The topological polar surface area (TPSA) is 25.4 Å². The summed E-state index contributed by atoms with van der Waals surface area (Å²) in [6.45, 7) is 1.88. The maximum atomic E-state index is 5.40. The lowest BCUT2D eigenvalue weighted by molar-refractivity contribution is 0.414. The molecule has 4 rings (SSSR count). The Morgan fingerprint density at radius 2 is 1.88 bits per heavy atom. The summed E-state index contributed by atoms with van der Waals surface area (Å²) in [6.07, 6.45) is 3.72. The van der Waals surface area contributed by atoms with Gasteiger partial charge in [-0.15, -0.1) is 0 Å². The van der Waals surface area contributed by atoms with Crippen molar-refractivity contribution >= 4 is 5.69 Å². The molecule has 0 radical (unpaired) electrons. The Morgan fingerprint density at radius 3 is 2.71 bits per heavy atom. The molecule has 0 saturated heterocycles. The third-order valence-corrected chi connectivity index (χ3v) is 4.67. The highest BCUT2D eigenvalue weighted by Gasteiger charge is 2.29. The molecule has 0 amide bonds. The number of hydrogen-bond acceptors (Lipinski definition) is 3. The van der Waals surface area contributed by atoms with Crippen molar-refractivity contribution < 1.29 is 4.74 Å². The fourth-order valence-electron chi connectivity index (χ4n) is 3.49. The number of pyridine rings is 1. The molecule has 120 valence electrons. The highest BCUT2D eigenvalue weighted by molar-refractivity contribution is 5.63. The Bertz CT molecular complexity index is 832. The first-order valence-electron chi connectivity index (χ1n) is 8.22. The third-order valence-electron chi connectivity index (χ3n) is 4.67. The number of hydrogen-bond donors (Lipinski definition) is 0.